The first kappa shape index (κ1) is 11.5. The van der Waals surface area contributed by atoms with Crippen molar-refractivity contribution < 1.29 is 0 Å². The number of anilines is 1. The lowest BCUT2D eigenvalue weighted by molar-refractivity contribution is 0.760. The molecule has 0 saturated carbocycles. The minimum atomic E-state index is 0.394. The molecule has 1 N–H and O–H groups in total. The van der Waals surface area contributed by atoms with Crippen molar-refractivity contribution in [2.24, 2.45) is 0 Å². The zero-order valence-corrected chi connectivity index (χ0v) is 11.4. The Hall–Kier alpha value is -2.36. The molecule has 2 aromatic heterocycles. The topological polar surface area (TPSA) is 42.2 Å². The summed E-state index contributed by atoms with van der Waals surface area (Å²) in [5.74, 6) is 0.720. The van der Waals surface area contributed by atoms with Crippen molar-refractivity contribution in [2.45, 2.75) is 25.8 Å². The molecule has 0 unspecified atom stereocenters. The molecule has 4 nitrogen and oxygen atoms in total. The molecule has 0 atom stereocenters. The van der Waals surface area contributed by atoms with E-state index in [1.54, 1.807) is 0 Å². The van der Waals surface area contributed by atoms with Crippen LogP contribution in [0.5, 0.6) is 0 Å². The molecule has 4 heteroatoms. The molecule has 0 saturated heterocycles. The minimum absolute atomic E-state index is 0.394. The molecule has 4 rings (SSSR count). The molecule has 1 aliphatic carbocycles. The standard InChI is InChI=1S/C16H16N4/c1-11-5-4-8-20-15(11)18-16(19-20)17-14-9-12-6-2-3-7-13(12)10-14/h2-8,14H,9-10H2,1H3,(H,17,19). The van der Waals surface area contributed by atoms with Gasteiger partial charge in [0, 0.05) is 12.2 Å². The fourth-order valence-corrected chi connectivity index (χ4v) is 2.94. The molecule has 0 bridgehead atoms. The maximum Gasteiger partial charge on any atom is 0.243 e. The molecule has 1 aromatic carbocycles. The molecule has 0 aliphatic heterocycles. The average Bonchev–Trinajstić information content (AvgIpc) is 3.02. The van der Waals surface area contributed by atoms with E-state index in [9.17, 15) is 0 Å². The lowest BCUT2D eigenvalue weighted by Gasteiger charge is -2.08. The van der Waals surface area contributed by atoms with Crippen molar-refractivity contribution in [1.82, 2.24) is 14.6 Å². The number of nitrogens with zero attached hydrogens (tertiary/aromatic N) is 3. The molecule has 20 heavy (non-hydrogen) atoms. The molecule has 100 valence electrons. The van der Waals surface area contributed by atoms with Crippen LogP contribution in [0.4, 0.5) is 5.95 Å². The maximum absolute atomic E-state index is 4.58. The van der Waals surface area contributed by atoms with Gasteiger partial charge in [-0.15, -0.1) is 5.10 Å². The van der Waals surface area contributed by atoms with Gasteiger partial charge in [0.05, 0.1) is 0 Å². The van der Waals surface area contributed by atoms with Gasteiger partial charge in [-0.3, -0.25) is 0 Å². The summed E-state index contributed by atoms with van der Waals surface area (Å²) < 4.78 is 1.83. The number of fused-ring (bicyclic) bond motifs is 2. The number of aryl methyl sites for hydroxylation is 1. The summed E-state index contributed by atoms with van der Waals surface area (Å²) in [5, 5.41) is 7.96. The SMILES string of the molecule is Cc1cccn2nc(NC3Cc4ccccc4C3)nc12. The number of benzene rings is 1. The van der Waals surface area contributed by atoms with Crippen molar-refractivity contribution in [3.05, 3.63) is 59.3 Å². The fourth-order valence-electron chi connectivity index (χ4n) is 2.94. The van der Waals surface area contributed by atoms with Gasteiger partial charge in [-0.05, 0) is 42.5 Å². The van der Waals surface area contributed by atoms with Crippen LogP contribution in [0.2, 0.25) is 0 Å². The minimum Gasteiger partial charge on any atom is -0.350 e. The van der Waals surface area contributed by atoms with E-state index in [4.69, 9.17) is 0 Å². The summed E-state index contributed by atoms with van der Waals surface area (Å²) in [6.45, 7) is 2.05. The van der Waals surface area contributed by atoms with Gasteiger partial charge in [-0.1, -0.05) is 30.3 Å². The van der Waals surface area contributed by atoms with Gasteiger partial charge in [0.15, 0.2) is 5.65 Å². The van der Waals surface area contributed by atoms with E-state index in [1.165, 1.54) is 11.1 Å². The Morgan fingerprint density at radius 1 is 1.10 bits per heavy atom. The van der Waals surface area contributed by atoms with Gasteiger partial charge in [0.25, 0.3) is 0 Å². The van der Waals surface area contributed by atoms with Crippen LogP contribution < -0.4 is 5.32 Å². The third-order valence-electron chi connectivity index (χ3n) is 3.94. The second-order valence-electron chi connectivity index (χ2n) is 5.41. The lowest BCUT2D eigenvalue weighted by atomic mass is 10.1. The highest BCUT2D eigenvalue weighted by Gasteiger charge is 2.21. The third-order valence-corrected chi connectivity index (χ3v) is 3.94. The highest BCUT2D eigenvalue weighted by Crippen LogP contribution is 2.23. The van der Waals surface area contributed by atoms with Crippen LogP contribution >= 0.6 is 0 Å². The van der Waals surface area contributed by atoms with Crippen LogP contribution in [-0.4, -0.2) is 20.6 Å². The first-order valence-electron chi connectivity index (χ1n) is 6.95. The second-order valence-corrected chi connectivity index (χ2v) is 5.41. The second kappa shape index (κ2) is 4.34. The summed E-state index contributed by atoms with van der Waals surface area (Å²) in [6.07, 6.45) is 4.03. The number of aromatic nitrogens is 3. The summed E-state index contributed by atoms with van der Waals surface area (Å²) in [5.41, 5.74) is 4.93. The molecular weight excluding hydrogens is 248 g/mol. The Balaban J connectivity index is 1.59. The lowest BCUT2D eigenvalue weighted by Crippen LogP contribution is -2.20. The monoisotopic (exact) mass is 264 g/mol. The highest BCUT2D eigenvalue weighted by atomic mass is 15.3. The third kappa shape index (κ3) is 1.84. The number of nitrogens with one attached hydrogen (secondary N) is 1. The number of pyridine rings is 1. The Morgan fingerprint density at radius 2 is 1.85 bits per heavy atom. The molecule has 0 amide bonds. The predicted octanol–water partition coefficient (Wildman–Crippen LogP) is 2.62. The molecule has 1 aliphatic rings. The Labute approximate surface area is 117 Å². The van der Waals surface area contributed by atoms with E-state index in [0.29, 0.717) is 6.04 Å². The number of hydrogen-bond acceptors (Lipinski definition) is 3. The average molecular weight is 264 g/mol. The van der Waals surface area contributed by atoms with E-state index in [2.05, 4.69) is 52.7 Å². The molecular formula is C16H16N4. The first-order chi connectivity index (χ1) is 9.79. The van der Waals surface area contributed by atoms with Crippen molar-refractivity contribution in [2.75, 3.05) is 5.32 Å². The normalized spacial score (nSPS) is 14.7. The number of hydrogen-bond donors (Lipinski definition) is 1. The quantitative estimate of drug-likeness (QED) is 0.773. The van der Waals surface area contributed by atoms with Gasteiger partial charge < -0.3 is 5.32 Å². The van der Waals surface area contributed by atoms with Crippen molar-refractivity contribution >= 4 is 11.6 Å². The van der Waals surface area contributed by atoms with E-state index in [0.717, 1.165) is 30.0 Å². The summed E-state index contributed by atoms with van der Waals surface area (Å²) in [6, 6.07) is 13.1. The van der Waals surface area contributed by atoms with Crippen molar-refractivity contribution in [3.8, 4) is 0 Å². The number of rotatable bonds is 2. The molecule has 2 heterocycles. The largest absolute Gasteiger partial charge is 0.350 e. The summed E-state index contributed by atoms with van der Waals surface area (Å²) in [7, 11) is 0. The van der Waals surface area contributed by atoms with Gasteiger partial charge in [-0.25, -0.2) is 4.52 Å². The maximum atomic E-state index is 4.58. The van der Waals surface area contributed by atoms with Crippen molar-refractivity contribution in [1.29, 1.82) is 0 Å². The van der Waals surface area contributed by atoms with Crippen LogP contribution in [0.1, 0.15) is 16.7 Å². The fraction of sp³-hybridized carbons (Fsp3) is 0.250. The first-order valence-corrected chi connectivity index (χ1v) is 6.95. The van der Waals surface area contributed by atoms with Crippen LogP contribution in [0.15, 0.2) is 42.6 Å². The van der Waals surface area contributed by atoms with Gasteiger partial charge >= 0.3 is 0 Å². The van der Waals surface area contributed by atoms with E-state index < -0.39 is 0 Å². The summed E-state index contributed by atoms with van der Waals surface area (Å²) >= 11 is 0. The van der Waals surface area contributed by atoms with E-state index in [-0.39, 0.29) is 0 Å². The van der Waals surface area contributed by atoms with Gasteiger partial charge in [0.1, 0.15) is 0 Å². The van der Waals surface area contributed by atoms with E-state index in [1.807, 2.05) is 16.8 Å². The van der Waals surface area contributed by atoms with Gasteiger partial charge in [0.2, 0.25) is 5.95 Å². The van der Waals surface area contributed by atoms with Crippen LogP contribution in [0.3, 0.4) is 0 Å². The Morgan fingerprint density at radius 3 is 2.55 bits per heavy atom. The predicted molar refractivity (Wildman–Crippen MR) is 79.0 cm³/mol. The zero-order valence-electron chi connectivity index (χ0n) is 11.4. The Bertz CT molecular complexity index is 750. The molecule has 0 spiro atoms. The van der Waals surface area contributed by atoms with Crippen molar-refractivity contribution in [3.63, 3.8) is 0 Å². The van der Waals surface area contributed by atoms with Crippen LogP contribution in [-0.2, 0) is 12.8 Å². The Kier molecular flexibility index (Phi) is 2.49. The molecule has 0 radical (unpaired) electrons. The molecule has 0 fully saturated rings. The van der Waals surface area contributed by atoms with Gasteiger partial charge in [-0.2, -0.15) is 4.98 Å². The zero-order chi connectivity index (χ0) is 13.5. The van der Waals surface area contributed by atoms with E-state index >= 15 is 0 Å². The molecule has 3 aromatic rings. The highest BCUT2D eigenvalue weighted by molar-refractivity contribution is 5.50. The van der Waals surface area contributed by atoms with Crippen LogP contribution in [0.25, 0.3) is 5.65 Å². The smallest absolute Gasteiger partial charge is 0.243 e. The van der Waals surface area contributed by atoms with Crippen LogP contribution in [0, 0.1) is 6.92 Å². The summed E-state index contributed by atoms with van der Waals surface area (Å²) in [4.78, 5) is 4.58.